The Morgan fingerprint density at radius 3 is 2.76 bits per heavy atom. The van der Waals surface area contributed by atoms with Crippen molar-refractivity contribution in [1.82, 2.24) is 15.0 Å². The van der Waals surface area contributed by atoms with E-state index in [0.29, 0.717) is 11.6 Å². The van der Waals surface area contributed by atoms with Crippen LogP contribution in [-0.2, 0) is 6.42 Å². The Kier molecular flexibility index (Phi) is 3.84. The Morgan fingerprint density at radius 1 is 1.14 bits per heavy atom. The van der Waals surface area contributed by atoms with E-state index in [4.69, 9.17) is 5.73 Å². The number of rotatable bonds is 3. The van der Waals surface area contributed by atoms with Gasteiger partial charge in [-0.3, -0.25) is 4.98 Å². The van der Waals surface area contributed by atoms with Gasteiger partial charge in [-0.2, -0.15) is 0 Å². The minimum Gasteiger partial charge on any atom is -0.383 e. The van der Waals surface area contributed by atoms with E-state index in [1.165, 1.54) is 0 Å². The molecule has 0 saturated heterocycles. The molecule has 106 valence electrons. The minimum atomic E-state index is 0.469. The molecule has 1 aromatic carbocycles. The lowest BCUT2D eigenvalue weighted by Crippen LogP contribution is -2.03. The normalized spacial score (nSPS) is 11.0. The van der Waals surface area contributed by atoms with E-state index in [1.54, 1.807) is 6.20 Å². The van der Waals surface area contributed by atoms with Crippen LogP contribution in [0.3, 0.4) is 0 Å². The highest BCUT2D eigenvalue weighted by molar-refractivity contribution is 9.10. The third kappa shape index (κ3) is 2.61. The zero-order chi connectivity index (χ0) is 14.8. The van der Waals surface area contributed by atoms with E-state index in [-0.39, 0.29) is 0 Å². The number of aryl methyl sites for hydroxylation is 1. The summed E-state index contributed by atoms with van der Waals surface area (Å²) in [6.45, 7) is 2.11. The first-order chi connectivity index (χ1) is 10.2. The van der Waals surface area contributed by atoms with Crippen molar-refractivity contribution in [3.8, 4) is 11.4 Å². The van der Waals surface area contributed by atoms with E-state index >= 15 is 0 Å². The molecule has 3 rings (SSSR count). The van der Waals surface area contributed by atoms with Gasteiger partial charge < -0.3 is 5.73 Å². The Hall–Kier alpha value is -2.01. The average Bonchev–Trinajstić information content (AvgIpc) is 2.51. The molecule has 0 bridgehead atoms. The van der Waals surface area contributed by atoms with Crippen molar-refractivity contribution in [1.29, 1.82) is 0 Å². The zero-order valence-electron chi connectivity index (χ0n) is 11.7. The number of benzene rings is 1. The monoisotopic (exact) mass is 342 g/mol. The SMILES string of the molecule is CCCc1nc(-c2cccc3cccnc23)nc(N)c1Br. The van der Waals surface area contributed by atoms with Crippen molar-refractivity contribution in [3.63, 3.8) is 0 Å². The molecular formula is C16H15BrN4. The van der Waals surface area contributed by atoms with Gasteiger partial charge in [-0.1, -0.05) is 31.5 Å². The maximum atomic E-state index is 6.01. The number of nitrogens with two attached hydrogens (primary N) is 1. The summed E-state index contributed by atoms with van der Waals surface area (Å²) in [4.78, 5) is 13.5. The summed E-state index contributed by atoms with van der Waals surface area (Å²) in [7, 11) is 0. The lowest BCUT2D eigenvalue weighted by atomic mass is 10.1. The van der Waals surface area contributed by atoms with Crippen LogP contribution in [0.5, 0.6) is 0 Å². The second-order valence-corrected chi connectivity index (χ2v) is 5.62. The van der Waals surface area contributed by atoms with Crippen molar-refractivity contribution >= 4 is 32.7 Å². The Labute approximate surface area is 131 Å². The molecule has 2 heterocycles. The fourth-order valence-corrected chi connectivity index (χ4v) is 2.70. The van der Waals surface area contributed by atoms with Crippen LogP contribution >= 0.6 is 15.9 Å². The molecular weight excluding hydrogens is 328 g/mol. The summed E-state index contributed by atoms with van der Waals surface area (Å²) in [5, 5.41) is 1.07. The molecule has 0 amide bonds. The fourth-order valence-electron chi connectivity index (χ4n) is 2.32. The lowest BCUT2D eigenvalue weighted by molar-refractivity contribution is 0.870. The average molecular weight is 343 g/mol. The smallest absolute Gasteiger partial charge is 0.164 e. The minimum absolute atomic E-state index is 0.469. The molecule has 4 nitrogen and oxygen atoms in total. The third-order valence-corrected chi connectivity index (χ3v) is 4.17. The van der Waals surface area contributed by atoms with Gasteiger partial charge in [0, 0.05) is 17.1 Å². The first-order valence-electron chi connectivity index (χ1n) is 6.86. The maximum absolute atomic E-state index is 6.01. The molecule has 0 radical (unpaired) electrons. The van der Waals surface area contributed by atoms with Gasteiger partial charge in [-0.05, 0) is 34.5 Å². The molecule has 0 aliphatic rings. The topological polar surface area (TPSA) is 64.7 Å². The van der Waals surface area contributed by atoms with Crippen LogP contribution in [0.2, 0.25) is 0 Å². The van der Waals surface area contributed by atoms with E-state index in [1.807, 2.05) is 30.3 Å². The number of hydrogen-bond acceptors (Lipinski definition) is 4. The second kappa shape index (κ2) is 5.77. The zero-order valence-corrected chi connectivity index (χ0v) is 13.3. The molecule has 21 heavy (non-hydrogen) atoms. The molecule has 0 spiro atoms. The molecule has 2 aromatic heterocycles. The van der Waals surface area contributed by atoms with Crippen LogP contribution in [0, 0.1) is 0 Å². The fraction of sp³-hybridized carbons (Fsp3) is 0.188. The number of pyridine rings is 1. The van der Waals surface area contributed by atoms with Gasteiger partial charge in [0.2, 0.25) is 0 Å². The molecule has 2 N–H and O–H groups in total. The number of hydrogen-bond donors (Lipinski definition) is 1. The van der Waals surface area contributed by atoms with Crippen molar-refractivity contribution in [2.45, 2.75) is 19.8 Å². The van der Waals surface area contributed by atoms with Crippen LogP contribution in [-0.4, -0.2) is 15.0 Å². The van der Waals surface area contributed by atoms with Crippen molar-refractivity contribution in [2.75, 3.05) is 5.73 Å². The van der Waals surface area contributed by atoms with E-state index in [2.05, 4.69) is 37.8 Å². The first-order valence-corrected chi connectivity index (χ1v) is 7.66. The van der Waals surface area contributed by atoms with Crippen LogP contribution in [0.1, 0.15) is 19.0 Å². The summed E-state index contributed by atoms with van der Waals surface area (Å²) in [5.74, 6) is 1.10. The highest BCUT2D eigenvalue weighted by atomic mass is 79.9. The molecule has 0 atom stereocenters. The number of anilines is 1. The molecule has 0 unspecified atom stereocenters. The highest BCUT2D eigenvalue weighted by Gasteiger charge is 2.13. The summed E-state index contributed by atoms with van der Waals surface area (Å²) >= 11 is 3.47. The van der Waals surface area contributed by atoms with Crippen LogP contribution in [0.15, 0.2) is 41.0 Å². The van der Waals surface area contributed by atoms with Crippen molar-refractivity contribution in [3.05, 3.63) is 46.7 Å². The number of fused-ring (bicyclic) bond motifs is 1. The number of nitrogens with zero attached hydrogens (tertiary/aromatic N) is 3. The second-order valence-electron chi connectivity index (χ2n) is 4.82. The molecule has 0 aliphatic carbocycles. The Bertz CT molecular complexity index is 796. The van der Waals surface area contributed by atoms with Crippen LogP contribution in [0.25, 0.3) is 22.3 Å². The standard InChI is InChI=1S/C16H15BrN4/c1-2-5-12-13(17)15(18)21-16(20-12)11-8-3-6-10-7-4-9-19-14(10)11/h3-4,6-9H,2,5H2,1H3,(H2,18,20,21). The quantitative estimate of drug-likeness (QED) is 0.781. The first kappa shape index (κ1) is 13.9. The Morgan fingerprint density at radius 2 is 1.95 bits per heavy atom. The highest BCUT2D eigenvalue weighted by Crippen LogP contribution is 2.29. The van der Waals surface area contributed by atoms with E-state index in [0.717, 1.165) is 39.5 Å². The number of nitrogen functional groups attached to an aromatic ring is 1. The van der Waals surface area contributed by atoms with Crippen LogP contribution < -0.4 is 5.73 Å². The largest absolute Gasteiger partial charge is 0.383 e. The Balaban J connectivity index is 2.23. The van der Waals surface area contributed by atoms with E-state index < -0.39 is 0 Å². The predicted octanol–water partition coefficient (Wildman–Crippen LogP) is 3.99. The van der Waals surface area contributed by atoms with E-state index in [9.17, 15) is 0 Å². The van der Waals surface area contributed by atoms with Gasteiger partial charge in [-0.15, -0.1) is 0 Å². The number of aromatic nitrogens is 3. The van der Waals surface area contributed by atoms with Gasteiger partial charge in [0.25, 0.3) is 0 Å². The molecule has 3 aromatic rings. The maximum Gasteiger partial charge on any atom is 0.164 e. The lowest BCUT2D eigenvalue weighted by Gasteiger charge is -2.09. The predicted molar refractivity (Wildman–Crippen MR) is 88.9 cm³/mol. The molecule has 0 saturated carbocycles. The molecule has 5 heteroatoms. The number of para-hydroxylation sites is 1. The van der Waals surface area contributed by atoms with Crippen LogP contribution in [0.4, 0.5) is 5.82 Å². The molecule has 0 aliphatic heterocycles. The summed E-state index contributed by atoms with van der Waals surface area (Å²) in [6.07, 6.45) is 3.64. The third-order valence-electron chi connectivity index (χ3n) is 3.31. The summed E-state index contributed by atoms with van der Waals surface area (Å²) in [6, 6.07) is 9.95. The summed E-state index contributed by atoms with van der Waals surface area (Å²) < 4.78 is 0.793. The molecule has 0 fully saturated rings. The van der Waals surface area contributed by atoms with Crippen molar-refractivity contribution < 1.29 is 0 Å². The van der Waals surface area contributed by atoms with Crippen molar-refractivity contribution in [2.24, 2.45) is 0 Å². The van der Waals surface area contributed by atoms with Gasteiger partial charge >= 0.3 is 0 Å². The van der Waals surface area contributed by atoms with Gasteiger partial charge in [0.15, 0.2) is 5.82 Å². The summed E-state index contributed by atoms with van der Waals surface area (Å²) in [5.41, 5.74) is 8.75. The number of halogens is 1. The van der Waals surface area contributed by atoms with Gasteiger partial charge in [0.1, 0.15) is 5.82 Å². The van der Waals surface area contributed by atoms with Gasteiger partial charge in [-0.25, -0.2) is 9.97 Å². The van der Waals surface area contributed by atoms with Gasteiger partial charge in [0.05, 0.1) is 15.7 Å².